The first kappa shape index (κ1) is 22.5. The Balaban J connectivity index is 0.00000272. The predicted molar refractivity (Wildman–Crippen MR) is 137 cm³/mol. The predicted octanol–water partition coefficient (Wildman–Crippen LogP) is 4.85. The molecule has 3 N–H and O–H groups in total. The Bertz CT molecular complexity index is 1140. The maximum atomic E-state index is 6.10. The highest BCUT2D eigenvalue weighted by Crippen LogP contribution is 2.25. The first-order chi connectivity index (χ1) is 14.7. The van der Waals surface area contributed by atoms with Crippen LogP contribution in [0.3, 0.4) is 0 Å². The number of aliphatic imine (C=N–C) groups is 1. The van der Waals surface area contributed by atoms with Crippen molar-refractivity contribution in [3.63, 3.8) is 0 Å². The van der Waals surface area contributed by atoms with Crippen LogP contribution < -0.4 is 11.1 Å². The molecule has 0 spiro atoms. The second-order valence-corrected chi connectivity index (χ2v) is 7.14. The number of anilines is 1. The summed E-state index contributed by atoms with van der Waals surface area (Å²) in [5.74, 6) is 0.401. The summed E-state index contributed by atoms with van der Waals surface area (Å²) in [6.07, 6.45) is 3.26. The van der Waals surface area contributed by atoms with Crippen molar-refractivity contribution >= 4 is 35.6 Å². The number of nitrogens with zero attached hydrogens (tertiary/aromatic N) is 4. The summed E-state index contributed by atoms with van der Waals surface area (Å²) in [4.78, 5) is 8.52. The largest absolute Gasteiger partial charge is 0.370 e. The minimum atomic E-state index is 0. The quantitative estimate of drug-likeness (QED) is 0.215. The summed E-state index contributed by atoms with van der Waals surface area (Å²) in [5.41, 5.74) is 12.8. The normalized spacial score (nSPS) is 11.1. The molecule has 1 heterocycles. The summed E-state index contributed by atoms with van der Waals surface area (Å²) < 4.78 is 1.81. The van der Waals surface area contributed by atoms with Gasteiger partial charge in [0.2, 0.25) is 0 Å². The molecule has 6 nitrogen and oxygen atoms in total. The number of guanidine groups is 1. The first-order valence-electron chi connectivity index (χ1n) is 9.80. The number of hydrogen-bond acceptors (Lipinski definition) is 3. The smallest absolute Gasteiger partial charge is 0.193 e. The fraction of sp³-hybridized carbons (Fsp3) is 0.125. The van der Waals surface area contributed by atoms with Crippen molar-refractivity contribution in [2.24, 2.45) is 10.7 Å². The van der Waals surface area contributed by atoms with Crippen LogP contribution in [0, 0.1) is 6.92 Å². The van der Waals surface area contributed by atoms with E-state index in [0.29, 0.717) is 19.0 Å². The van der Waals surface area contributed by atoms with E-state index in [4.69, 9.17) is 5.73 Å². The molecule has 0 aliphatic heterocycles. The van der Waals surface area contributed by atoms with Crippen LogP contribution in [-0.4, -0.2) is 20.7 Å². The van der Waals surface area contributed by atoms with Crippen LogP contribution in [0.15, 0.2) is 90.4 Å². The number of nitrogens with two attached hydrogens (primary N) is 1. The van der Waals surface area contributed by atoms with Gasteiger partial charge in [0, 0.05) is 5.69 Å². The van der Waals surface area contributed by atoms with E-state index in [9.17, 15) is 0 Å². The SMILES string of the molecule is Cc1cccc(NC(N)=NCc2ccccc2-c2ccc(Cn3cncn3)cc2)c1.I. The van der Waals surface area contributed by atoms with Crippen LogP contribution in [0.5, 0.6) is 0 Å². The second kappa shape index (κ2) is 10.7. The molecule has 1 aromatic heterocycles. The lowest BCUT2D eigenvalue weighted by atomic mass is 9.98. The molecule has 0 radical (unpaired) electrons. The van der Waals surface area contributed by atoms with Gasteiger partial charge < -0.3 is 11.1 Å². The van der Waals surface area contributed by atoms with Crippen molar-refractivity contribution in [3.8, 4) is 11.1 Å². The van der Waals surface area contributed by atoms with Crippen molar-refractivity contribution < 1.29 is 0 Å². The molecular weight excluding hydrogens is 499 g/mol. The molecule has 7 heteroatoms. The van der Waals surface area contributed by atoms with Crippen molar-refractivity contribution in [1.82, 2.24) is 14.8 Å². The number of hydrogen-bond donors (Lipinski definition) is 2. The maximum absolute atomic E-state index is 6.10. The molecule has 0 aliphatic rings. The Kier molecular flexibility index (Phi) is 7.77. The number of halogens is 1. The minimum Gasteiger partial charge on any atom is -0.370 e. The van der Waals surface area contributed by atoms with E-state index < -0.39 is 0 Å². The lowest BCUT2D eigenvalue weighted by Crippen LogP contribution is -2.22. The van der Waals surface area contributed by atoms with Gasteiger partial charge in [-0.05, 0) is 46.9 Å². The molecule has 0 saturated carbocycles. The standard InChI is InChI=1S/C24H24N6.HI/c1-18-5-4-7-22(13-18)29-24(25)27-14-21-6-2-3-8-23(21)20-11-9-19(10-12-20)15-30-17-26-16-28-30;/h2-13,16-17H,14-15H2,1H3,(H3,25,27,29);1H. The van der Waals surface area contributed by atoms with Gasteiger partial charge in [0.1, 0.15) is 12.7 Å². The first-order valence-corrected chi connectivity index (χ1v) is 9.80. The molecule has 0 amide bonds. The van der Waals surface area contributed by atoms with Crippen LogP contribution in [0.4, 0.5) is 5.69 Å². The van der Waals surface area contributed by atoms with Gasteiger partial charge >= 0.3 is 0 Å². The van der Waals surface area contributed by atoms with Gasteiger partial charge in [-0.2, -0.15) is 5.10 Å². The van der Waals surface area contributed by atoms with Gasteiger partial charge in [0.25, 0.3) is 0 Å². The van der Waals surface area contributed by atoms with E-state index in [1.54, 1.807) is 12.7 Å². The molecule has 0 saturated heterocycles. The molecule has 158 valence electrons. The zero-order chi connectivity index (χ0) is 20.8. The minimum absolute atomic E-state index is 0. The molecule has 0 fully saturated rings. The lowest BCUT2D eigenvalue weighted by molar-refractivity contribution is 0.685. The van der Waals surface area contributed by atoms with E-state index in [2.05, 4.69) is 56.8 Å². The van der Waals surface area contributed by atoms with Gasteiger partial charge in [-0.1, -0.05) is 60.7 Å². The molecule has 0 atom stereocenters. The highest BCUT2D eigenvalue weighted by molar-refractivity contribution is 14.0. The zero-order valence-electron chi connectivity index (χ0n) is 17.3. The third kappa shape index (κ3) is 6.14. The number of aromatic nitrogens is 3. The van der Waals surface area contributed by atoms with E-state index in [1.165, 1.54) is 11.1 Å². The van der Waals surface area contributed by atoms with E-state index >= 15 is 0 Å². The van der Waals surface area contributed by atoms with Crippen LogP contribution in [0.2, 0.25) is 0 Å². The Morgan fingerprint density at radius 1 is 1.03 bits per heavy atom. The fourth-order valence-corrected chi connectivity index (χ4v) is 3.31. The average Bonchev–Trinajstić information content (AvgIpc) is 3.26. The molecule has 3 aromatic carbocycles. The molecule has 31 heavy (non-hydrogen) atoms. The molecule has 0 aliphatic carbocycles. The third-order valence-electron chi connectivity index (χ3n) is 4.80. The lowest BCUT2D eigenvalue weighted by Gasteiger charge is -2.10. The van der Waals surface area contributed by atoms with E-state index in [-0.39, 0.29) is 24.0 Å². The van der Waals surface area contributed by atoms with Crippen molar-refractivity contribution in [2.75, 3.05) is 5.32 Å². The Labute approximate surface area is 199 Å². The van der Waals surface area contributed by atoms with Gasteiger partial charge in [-0.3, -0.25) is 0 Å². The summed E-state index contributed by atoms with van der Waals surface area (Å²) in [6.45, 7) is 3.25. The molecule has 0 unspecified atom stereocenters. The topological polar surface area (TPSA) is 81.1 Å². The number of nitrogens with one attached hydrogen (secondary N) is 1. The number of aryl methyl sites for hydroxylation is 1. The van der Waals surface area contributed by atoms with E-state index in [0.717, 1.165) is 22.4 Å². The molecular formula is C24H25IN6. The van der Waals surface area contributed by atoms with Crippen molar-refractivity contribution in [3.05, 3.63) is 102 Å². The Morgan fingerprint density at radius 2 is 1.84 bits per heavy atom. The van der Waals surface area contributed by atoms with Crippen molar-refractivity contribution in [1.29, 1.82) is 0 Å². The summed E-state index contributed by atoms with van der Waals surface area (Å²) in [7, 11) is 0. The monoisotopic (exact) mass is 524 g/mol. The summed E-state index contributed by atoms with van der Waals surface area (Å²) in [5, 5.41) is 7.31. The molecule has 4 aromatic rings. The van der Waals surface area contributed by atoms with Crippen LogP contribution >= 0.6 is 24.0 Å². The molecule has 0 bridgehead atoms. The van der Waals surface area contributed by atoms with Gasteiger partial charge in [-0.15, -0.1) is 24.0 Å². The highest BCUT2D eigenvalue weighted by Gasteiger charge is 2.05. The van der Waals surface area contributed by atoms with Crippen LogP contribution in [0.1, 0.15) is 16.7 Å². The van der Waals surface area contributed by atoms with Crippen LogP contribution in [-0.2, 0) is 13.1 Å². The van der Waals surface area contributed by atoms with Gasteiger partial charge in [-0.25, -0.2) is 14.7 Å². The number of rotatable bonds is 6. The maximum Gasteiger partial charge on any atom is 0.193 e. The summed E-state index contributed by atoms with van der Waals surface area (Å²) >= 11 is 0. The van der Waals surface area contributed by atoms with Gasteiger partial charge in [0.15, 0.2) is 5.96 Å². The Morgan fingerprint density at radius 3 is 2.58 bits per heavy atom. The second-order valence-electron chi connectivity index (χ2n) is 7.14. The summed E-state index contributed by atoms with van der Waals surface area (Å²) in [6, 6.07) is 24.8. The van der Waals surface area contributed by atoms with Gasteiger partial charge in [0.05, 0.1) is 13.1 Å². The average molecular weight is 524 g/mol. The third-order valence-corrected chi connectivity index (χ3v) is 4.80. The highest BCUT2D eigenvalue weighted by atomic mass is 127. The van der Waals surface area contributed by atoms with Crippen LogP contribution in [0.25, 0.3) is 11.1 Å². The van der Waals surface area contributed by atoms with Crippen molar-refractivity contribution in [2.45, 2.75) is 20.0 Å². The number of benzene rings is 3. The van der Waals surface area contributed by atoms with E-state index in [1.807, 2.05) is 48.0 Å². The zero-order valence-corrected chi connectivity index (χ0v) is 19.6. The Hall–Kier alpha value is -3.20. The fourth-order valence-electron chi connectivity index (χ4n) is 3.31. The molecule has 4 rings (SSSR count).